The van der Waals surface area contributed by atoms with Crippen LogP contribution in [0, 0.1) is 11.7 Å². The van der Waals surface area contributed by atoms with Crippen LogP contribution in [0.1, 0.15) is 57.6 Å². The van der Waals surface area contributed by atoms with Crippen molar-refractivity contribution in [3.63, 3.8) is 0 Å². The quantitative estimate of drug-likeness (QED) is 0.252. The highest BCUT2D eigenvalue weighted by molar-refractivity contribution is 7.91. The number of likely N-dealkylation sites (N-methyl/N-ethyl adjacent to an activating group) is 1. The van der Waals surface area contributed by atoms with Gasteiger partial charge in [-0.2, -0.15) is 0 Å². The molecule has 0 spiro atoms. The number of hydrogen-bond donors (Lipinski definition) is 3. The molecule has 3 N–H and O–H groups in total. The maximum Gasteiger partial charge on any atom is 0.410 e. The minimum atomic E-state index is -3.94. The van der Waals surface area contributed by atoms with Gasteiger partial charge in [0.05, 0.1) is 18.3 Å². The normalized spacial score (nSPS) is 24.4. The highest BCUT2D eigenvalue weighted by Gasteiger charge is 2.62. The Kier molecular flexibility index (Phi) is 11.1. The van der Waals surface area contributed by atoms with Crippen molar-refractivity contribution < 1.29 is 46.3 Å². The number of nitrogens with one attached hydrogen (secondary N) is 3. The molecule has 2 aliphatic heterocycles. The van der Waals surface area contributed by atoms with Gasteiger partial charge in [-0.05, 0) is 58.7 Å². The lowest BCUT2D eigenvalue weighted by atomic mass is 10.1. The first-order valence-electron chi connectivity index (χ1n) is 17.2. The molecule has 0 radical (unpaired) electrons. The Bertz CT molecular complexity index is 1750. The molecule has 5 atom stereocenters. The van der Waals surface area contributed by atoms with Gasteiger partial charge in [0, 0.05) is 37.5 Å². The van der Waals surface area contributed by atoms with Gasteiger partial charge in [0.15, 0.2) is 0 Å². The molecule has 5 rings (SSSR count). The maximum atomic E-state index is 14.4. The second kappa shape index (κ2) is 14.8. The van der Waals surface area contributed by atoms with E-state index in [4.69, 9.17) is 9.47 Å². The topological polar surface area (TPSA) is 184 Å². The fourth-order valence-corrected chi connectivity index (χ4v) is 7.93. The summed E-state index contributed by atoms with van der Waals surface area (Å²) in [5, 5.41) is 4.60. The summed E-state index contributed by atoms with van der Waals surface area (Å²) in [6, 6.07) is 2.02. The zero-order chi connectivity index (χ0) is 38.2. The molecule has 3 fully saturated rings. The van der Waals surface area contributed by atoms with Crippen molar-refractivity contribution in [2.45, 2.75) is 94.1 Å². The number of nitrogens with zero attached hydrogens (tertiary/aromatic N) is 3. The molecular formula is C35H47FN6O9S. The molecule has 0 bridgehead atoms. The van der Waals surface area contributed by atoms with Crippen LogP contribution in [-0.4, -0.2) is 114 Å². The summed E-state index contributed by atoms with van der Waals surface area (Å²) < 4.78 is 53.0. The maximum absolute atomic E-state index is 14.4. The third kappa shape index (κ3) is 8.74. The molecule has 15 nitrogen and oxygen atoms in total. The number of fused-ring (bicyclic) bond motifs is 1. The third-order valence-electron chi connectivity index (χ3n) is 9.47. The van der Waals surface area contributed by atoms with E-state index in [0.29, 0.717) is 30.5 Å². The average Bonchev–Trinajstić information content (AvgIpc) is 3.94. The van der Waals surface area contributed by atoms with E-state index in [2.05, 4.69) is 28.5 Å². The van der Waals surface area contributed by atoms with Crippen molar-refractivity contribution in [2.75, 3.05) is 26.7 Å². The van der Waals surface area contributed by atoms with Crippen molar-refractivity contribution in [3.8, 4) is 0 Å². The molecule has 1 aromatic rings. The van der Waals surface area contributed by atoms with Crippen LogP contribution in [0.5, 0.6) is 0 Å². The lowest BCUT2D eigenvalue weighted by Crippen LogP contribution is -2.59. The lowest BCUT2D eigenvalue weighted by Gasteiger charge is -2.31. The van der Waals surface area contributed by atoms with Gasteiger partial charge in [0.2, 0.25) is 21.8 Å². The van der Waals surface area contributed by atoms with Gasteiger partial charge in [-0.15, -0.1) is 13.2 Å². The van der Waals surface area contributed by atoms with Crippen LogP contribution in [0.25, 0.3) is 0 Å². The summed E-state index contributed by atoms with van der Waals surface area (Å²) >= 11 is 0. The van der Waals surface area contributed by atoms with Crippen molar-refractivity contribution >= 4 is 39.9 Å². The van der Waals surface area contributed by atoms with Gasteiger partial charge in [-0.1, -0.05) is 24.3 Å². The molecule has 0 aromatic heterocycles. The second-order valence-corrected chi connectivity index (χ2v) is 16.8. The monoisotopic (exact) mass is 746 g/mol. The van der Waals surface area contributed by atoms with E-state index in [1.54, 1.807) is 50.9 Å². The highest BCUT2D eigenvalue weighted by atomic mass is 32.2. The highest BCUT2D eigenvalue weighted by Crippen LogP contribution is 2.45. The number of carbonyl (C=O) groups is 5. The molecule has 4 aliphatic rings. The molecule has 2 saturated carbocycles. The molecular weight excluding hydrogens is 699 g/mol. The molecule has 2 aliphatic carbocycles. The standard InChI is InChI=1S/C35H47FN6O9S/c1-7-14-40(6)20-27(37-32(46)51-34(3,4)5)30(44)42-18-23(50-33(47)41-17-21-10-9-11-26(36)25(21)19-41)15-28(42)29(43)38-35(16-22(35)8-2)31(45)39-52(48,49)24-12-13-24/h7-11,22-24,27-28H,1-2,12-20H2,3-6H3,(H,37,46)(H,38,43)(H,39,45)/t22-,23-,27+,28?,35-/m1/s1. The summed E-state index contributed by atoms with van der Waals surface area (Å²) in [4.78, 5) is 72.3. The summed E-state index contributed by atoms with van der Waals surface area (Å²) in [5.74, 6) is -3.43. The molecule has 52 heavy (non-hydrogen) atoms. The number of carbonyl (C=O) groups excluding carboxylic acids is 5. The van der Waals surface area contributed by atoms with E-state index >= 15 is 0 Å². The number of alkyl carbamates (subject to hydrolysis) is 1. The Labute approximate surface area is 303 Å². The number of sulfonamides is 1. The van der Waals surface area contributed by atoms with Crippen LogP contribution in [-0.2, 0) is 47.0 Å². The number of hydrogen-bond acceptors (Lipinski definition) is 10. The van der Waals surface area contributed by atoms with E-state index < -0.39 is 86.2 Å². The van der Waals surface area contributed by atoms with Crippen LogP contribution in [0.3, 0.4) is 0 Å². The Hall–Kier alpha value is -4.51. The Balaban J connectivity index is 1.38. The van der Waals surface area contributed by atoms with Crippen LogP contribution in [0.2, 0.25) is 0 Å². The Morgan fingerprint density at radius 2 is 1.87 bits per heavy atom. The SMILES string of the molecule is C=CCN(C)C[C@H](NC(=O)OC(C)(C)C)C(=O)N1C[C@H](OC(=O)N2Cc3cccc(F)c3C2)CC1C(=O)N[C@]1(C(=O)NS(=O)(=O)C2CC2)C[C@H]1C=C. The number of amides is 5. The zero-order valence-electron chi connectivity index (χ0n) is 29.9. The summed E-state index contributed by atoms with van der Waals surface area (Å²) in [6.07, 6.45) is 1.13. The number of rotatable bonds is 13. The first-order chi connectivity index (χ1) is 24.4. The van der Waals surface area contributed by atoms with Crippen molar-refractivity contribution in [1.29, 1.82) is 0 Å². The van der Waals surface area contributed by atoms with E-state index in [-0.39, 0.29) is 39.0 Å². The van der Waals surface area contributed by atoms with Gasteiger partial charge in [-0.3, -0.25) is 24.0 Å². The zero-order valence-corrected chi connectivity index (χ0v) is 30.7. The van der Waals surface area contributed by atoms with Gasteiger partial charge in [0.1, 0.15) is 35.1 Å². The average molecular weight is 747 g/mol. The number of halogens is 1. The van der Waals surface area contributed by atoms with E-state index in [9.17, 15) is 36.8 Å². The third-order valence-corrected chi connectivity index (χ3v) is 11.3. The molecule has 2 heterocycles. The Morgan fingerprint density at radius 3 is 2.46 bits per heavy atom. The molecule has 1 unspecified atom stereocenters. The molecule has 284 valence electrons. The number of likely N-dealkylation sites (tertiary alicyclic amines) is 1. The number of benzene rings is 1. The van der Waals surface area contributed by atoms with Crippen molar-refractivity contribution in [1.82, 2.24) is 30.1 Å². The minimum Gasteiger partial charge on any atom is -0.444 e. The summed E-state index contributed by atoms with van der Waals surface area (Å²) in [7, 11) is -2.24. The van der Waals surface area contributed by atoms with E-state index in [1.807, 2.05) is 0 Å². The number of ether oxygens (including phenoxy) is 2. The van der Waals surface area contributed by atoms with E-state index in [0.717, 1.165) is 0 Å². The van der Waals surface area contributed by atoms with Crippen molar-refractivity contribution in [2.24, 2.45) is 5.92 Å². The van der Waals surface area contributed by atoms with E-state index in [1.165, 1.54) is 21.9 Å². The predicted octanol–water partition coefficient (Wildman–Crippen LogP) is 1.93. The molecule has 1 aromatic carbocycles. The minimum absolute atomic E-state index is 0.0130. The first-order valence-corrected chi connectivity index (χ1v) is 18.7. The van der Waals surface area contributed by atoms with Gasteiger partial charge in [-0.25, -0.2) is 22.4 Å². The largest absolute Gasteiger partial charge is 0.444 e. The van der Waals surface area contributed by atoms with Crippen molar-refractivity contribution in [3.05, 3.63) is 60.5 Å². The van der Waals surface area contributed by atoms with Gasteiger partial charge < -0.3 is 29.9 Å². The molecule has 1 saturated heterocycles. The Morgan fingerprint density at radius 1 is 1.15 bits per heavy atom. The second-order valence-electron chi connectivity index (χ2n) is 14.9. The first kappa shape index (κ1) is 38.7. The van der Waals surface area contributed by atoms with Crippen LogP contribution >= 0.6 is 0 Å². The van der Waals surface area contributed by atoms with Gasteiger partial charge >= 0.3 is 12.2 Å². The van der Waals surface area contributed by atoms with Gasteiger partial charge in [0.25, 0.3) is 5.91 Å². The lowest BCUT2D eigenvalue weighted by molar-refractivity contribution is -0.141. The van der Waals surface area contributed by atoms with Crippen LogP contribution in [0.4, 0.5) is 14.0 Å². The van der Waals surface area contributed by atoms with Crippen LogP contribution in [0.15, 0.2) is 43.5 Å². The fraction of sp³-hybridized carbons (Fsp3) is 0.571. The smallest absolute Gasteiger partial charge is 0.410 e. The molecule has 5 amide bonds. The van der Waals surface area contributed by atoms with Crippen LogP contribution < -0.4 is 15.4 Å². The predicted molar refractivity (Wildman–Crippen MR) is 186 cm³/mol. The summed E-state index contributed by atoms with van der Waals surface area (Å²) in [6.45, 7) is 12.6. The fourth-order valence-electron chi connectivity index (χ4n) is 6.56. The molecule has 17 heteroatoms. The summed E-state index contributed by atoms with van der Waals surface area (Å²) in [5.41, 5.74) is -1.52.